The van der Waals surface area contributed by atoms with Crippen LogP contribution in [0.25, 0.3) is 0 Å². The Kier molecular flexibility index (Phi) is 3.96. The first kappa shape index (κ1) is 10.3. The lowest BCUT2D eigenvalue weighted by molar-refractivity contribution is 0.838. The van der Waals surface area contributed by atoms with Crippen LogP contribution in [0.1, 0.15) is 19.2 Å². The molecule has 72 valence electrons. The number of aromatic nitrogens is 2. The van der Waals surface area contributed by atoms with E-state index in [-0.39, 0.29) is 5.38 Å². The van der Waals surface area contributed by atoms with Crippen LogP contribution < -0.4 is 5.32 Å². The van der Waals surface area contributed by atoms with E-state index in [1.54, 1.807) is 6.20 Å². The zero-order chi connectivity index (χ0) is 9.68. The van der Waals surface area contributed by atoms with Crippen LogP contribution in [0.5, 0.6) is 0 Å². The fraction of sp³-hybridized carbons (Fsp3) is 0.556. The van der Waals surface area contributed by atoms with Crippen LogP contribution in [0, 0.1) is 6.92 Å². The molecule has 0 fully saturated rings. The standard InChI is InChI=1S/C9H14ClN3/c1-3-8(10)6-12-9-4-5-11-7(2)13-9/h4-5,8H,3,6H2,1-2H3,(H,11,12,13). The van der Waals surface area contributed by atoms with Crippen LogP contribution >= 0.6 is 11.6 Å². The molecule has 1 unspecified atom stereocenters. The van der Waals surface area contributed by atoms with Gasteiger partial charge in [0.1, 0.15) is 11.6 Å². The van der Waals surface area contributed by atoms with Crippen molar-refractivity contribution in [1.29, 1.82) is 0 Å². The van der Waals surface area contributed by atoms with Gasteiger partial charge >= 0.3 is 0 Å². The van der Waals surface area contributed by atoms with Gasteiger partial charge in [0, 0.05) is 12.7 Å². The summed E-state index contributed by atoms with van der Waals surface area (Å²) in [6.45, 7) is 4.67. The van der Waals surface area contributed by atoms with E-state index >= 15 is 0 Å². The topological polar surface area (TPSA) is 37.8 Å². The Morgan fingerprint density at radius 1 is 1.62 bits per heavy atom. The molecule has 0 aliphatic heterocycles. The number of halogens is 1. The molecule has 1 heterocycles. The number of nitrogens with one attached hydrogen (secondary N) is 1. The Bertz CT molecular complexity index is 265. The molecule has 1 aromatic heterocycles. The zero-order valence-electron chi connectivity index (χ0n) is 7.92. The molecule has 4 heteroatoms. The van der Waals surface area contributed by atoms with Crippen molar-refractivity contribution in [3.63, 3.8) is 0 Å². The molecular formula is C9H14ClN3. The predicted molar refractivity (Wildman–Crippen MR) is 55.2 cm³/mol. The summed E-state index contributed by atoms with van der Waals surface area (Å²) in [4.78, 5) is 8.20. The van der Waals surface area contributed by atoms with Crippen LogP contribution in [-0.4, -0.2) is 21.9 Å². The SMILES string of the molecule is CCC(Cl)CNc1ccnc(C)n1. The highest BCUT2D eigenvalue weighted by Gasteiger charge is 2.01. The van der Waals surface area contributed by atoms with Crippen molar-refractivity contribution >= 4 is 17.4 Å². The molecule has 0 aliphatic rings. The van der Waals surface area contributed by atoms with Crippen molar-refractivity contribution in [3.8, 4) is 0 Å². The third-order valence-corrected chi connectivity index (χ3v) is 2.19. The summed E-state index contributed by atoms with van der Waals surface area (Å²) in [6, 6.07) is 1.84. The van der Waals surface area contributed by atoms with Crippen molar-refractivity contribution in [1.82, 2.24) is 9.97 Å². The van der Waals surface area contributed by atoms with E-state index in [9.17, 15) is 0 Å². The Morgan fingerprint density at radius 2 is 2.38 bits per heavy atom. The average Bonchev–Trinajstić information content (AvgIpc) is 2.14. The molecule has 1 atom stereocenters. The smallest absolute Gasteiger partial charge is 0.129 e. The summed E-state index contributed by atoms with van der Waals surface area (Å²) in [7, 11) is 0. The van der Waals surface area contributed by atoms with E-state index in [1.165, 1.54) is 0 Å². The molecule has 0 amide bonds. The average molecular weight is 200 g/mol. The van der Waals surface area contributed by atoms with Gasteiger partial charge in [-0.25, -0.2) is 9.97 Å². The van der Waals surface area contributed by atoms with Gasteiger partial charge in [0.25, 0.3) is 0 Å². The number of hydrogen-bond donors (Lipinski definition) is 1. The number of hydrogen-bond acceptors (Lipinski definition) is 3. The van der Waals surface area contributed by atoms with Gasteiger partial charge in [-0.1, -0.05) is 6.92 Å². The maximum Gasteiger partial charge on any atom is 0.129 e. The molecule has 0 saturated carbocycles. The molecule has 0 saturated heterocycles. The molecule has 1 rings (SSSR count). The molecule has 13 heavy (non-hydrogen) atoms. The number of aryl methyl sites for hydroxylation is 1. The summed E-state index contributed by atoms with van der Waals surface area (Å²) in [5, 5.41) is 3.32. The molecular weight excluding hydrogens is 186 g/mol. The van der Waals surface area contributed by atoms with E-state index in [2.05, 4.69) is 22.2 Å². The maximum absolute atomic E-state index is 5.95. The first-order valence-corrected chi connectivity index (χ1v) is 4.83. The second-order valence-corrected chi connectivity index (χ2v) is 3.49. The van der Waals surface area contributed by atoms with Crippen LogP contribution in [0.4, 0.5) is 5.82 Å². The summed E-state index contributed by atoms with van der Waals surface area (Å²) in [6.07, 6.45) is 2.69. The third kappa shape index (κ3) is 3.59. The Hall–Kier alpha value is -0.830. The lowest BCUT2D eigenvalue weighted by Gasteiger charge is -2.08. The van der Waals surface area contributed by atoms with Crippen LogP contribution in [0.15, 0.2) is 12.3 Å². The van der Waals surface area contributed by atoms with Crippen molar-refractivity contribution in [2.75, 3.05) is 11.9 Å². The molecule has 0 aromatic carbocycles. The van der Waals surface area contributed by atoms with E-state index in [0.717, 1.165) is 24.6 Å². The second kappa shape index (κ2) is 5.02. The van der Waals surface area contributed by atoms with Crippen LogP contribution in [0.3, 0.4) is 0 Å². The highest BCUT2D eigenvalue weighted by Crippen LogP contribution is 2.05. The molecule has 0 radical (unpaired) electrons. The normalized spacial score (nSPS) is 12.5. The Labute approximate surface area is 83.5 Å². The summed E-state index contributed by atoms with van der Waals surface area (Å²) < 4.78 is 0. The lowest BCUT2D eigenvalue weighted by Crippen LogP contribution is -2.14. The highest BCUT2D eigenvalue weighted by atomic mass is 35.5. The lowest BCUT2D eigenvalue weighted by atomic mass is 10.3. The van der Waals surface area contributed by atoms with Gasteiger partial charge in [0.05, 0.1) is 5.38 Å². The first-order chi connectivity index (χ1) is 6.22. The molecule has 0 aliphatic carbocycles. The summed E-state index contributed by atoms with van der Waals surface area (Å²) in [5.41, 5.74) is 0. The number of rotatable bonds is 4. The van der Waals surface area contributed by atoms with Crippen LogP contribution in [-0.2, 0) is 0 Å². The first-order valence-electron chi connectivity index (χ1n) is 4.40. The van der Waals surface area contributed by atoms with E-state index in [4.69, 9.17) is 11.6 Å². The van der Waals surface area contributed by atoms with Gasteiger partial charge < -0.3 is 5.32 Å². The monoisotopic (exact) mass is 199 g/mol. The molecule has 3 nitrogen and oxygen atoms in total. The highest BCUT2D eigenvalue weighted by molar-refractivity contribution is 6.20. The van der Waals surface area contributed by atoms with Crippen molar-refractivity contribution < 1.29 is 0 Å². The van der Waals surface area contributed by atoms with Gasteiger partial charge in [-0.15, -0.1) is 11.6 Å². The maximum atomic E-state index is 5.95. The van der Waals surface area contributed by atoms with E-state index < -0.39 is 0 Å². The van der Waals surface area contributed by atoms with Gasteiger partial charge in [0.2, 0.25) is 0 Å². The van der Waals surface area contributed by atoms with E-state index in [1.807, 2.05) is 13.0 Å². The fourth-order valence-electron chi connectivity index (χ4n) is 0.914. The predicted octanol–water partition coefficient (Wildman–Crippen LogP) is 2.21. The van der Waals surface area contributed by atoms with Gasteiger partial charge in [0.15, 0.2) is 0 Å². The fourth-order valence-corrected chi connectivity index (χ4v) is 0.991. The van der Waals surface area contributed by atoms with Gasteiger partial charge in [-0.3, -0.25) is 0 Å². The quantitative estimate of drug-likeness (QED) is 0.756. The largest absolute Gasteiger partial charge is 0.368 e. The van der Waals surface area contributed by atoms with Gasteiger partial charge in [-0.2, -0.15) is 0 Å². The number of nitrogens with zero attached hydrogens (tertiary/aromatic N) is 2. The summed E-state index contributed by atoms with van der Waals surface area (Å²) >= 11 is 5.95. The molecule has 0 spiro atoms. The van der Waals surface area contributed by atoms with E-state index in [0.29, 0.717) is 0 Å². The molecule has 0 bridgehead atoms. The molecule has 1 aromatic rings. The Morgan fingerprint density at radius 3 is 3.00 bits per heavy atom. The molecule has 1 N–H and O–H groups in total. The third-order valence-electron chi connectivity index (χ3n) is 1.72. The minimum Gasteiger partial charge on any atom is -0.368 e. The minimum atomic E-state index is 0.162. The minimum absolute atomic E-state index is 0.162. The van der Waals surface area contributed by atoms with Crippen LogP contribution in [0.2, 0.25) is 0 Å². The van der Waals surface area contributed by atoms with Crippen molar-refractivity contribution in [2.24, 2.45) is 0 Å². The second-order valence-electron chi connectivity index (χ2n) is 2.88. The van der Waals surface area contributed by atoms with Crippen molar-refractivity contribution in [2.45, 2.75) is 25.6 Å². The number of alkyl halides is 1. The summed E-state index contributed by atoms with van der Waals surface area (Å²) in [5.74, 6) is 1.61. The Balaban J connectivity index is 2.45. The van der Waals surface area contributed by atoms with Crippen molar-refractivity contribution in [3.05, 3.63) is 18.1 Å². The zero-order valence-corrected chi connectivity index (χ0v) is 8.67. The number of anilines is 1. The van der Waals surface area contributed by atoms with Gasteiger partial charge in [-0.05, 0) is 19.4 Å².